The SMILES string of the molecule is CC(C)C(=O)N1CCCN(S(=O)(=O)C(C)C)CC1. The van der Waals surface area contributed by atoms with Crippen LogP contribution in [0.25, 0.3) is 0 Å². The fourth-order valence-electron chi connectivity index (χ4n) is 2.03. The highest BCUT2D eigenvalue weighted by molar-refractivity contribution is 7.89. The molecule has 1 heterocycles. The lowest BCUT2D eigenvalue weighted by Crippen LogP contribution is -2.40. The molecule has 0 atom stereocenters. The first-order chi connectivity index (χ1) is 8.26. The highest BCUT2D eigenvalue weighted by atomic mass is 32.2. The maximum atomic E-state index is 12.1. The number of hydrogen-bond acceptors (Lipinski definition) is 3. The summed E-state index contributed by atoms with van der Waals surface area (Å²) in [6, 6.07) is 0. The van der Waals surface area contributed by atoms with E-state index >= 15 is 0 Å². The van der Waals surface area contributed by atoms with Crippen LogP contribution in [0.4, 0.5) is 0 Å². The summed E-state index contributed by atoms with van der Waals surface area (Å²) >= 11 is 0. The zero-order valence-electron chi connectivity index (χ0n) is 11.7. The molecule has 1 saturated heterocycles. The number of amides is 1. The molecule has 106 valence electrons. The molecule has 0 unspecified atom stereocenters. The molecule has 0 bridgehead atoms. The quantitative estimate of drug-likeness (QED) is 0.770. The Labute approximate surface area is 110 Å². The summed E-state index contributed by atoms with van der Waals surface area (Å²) in [6.07, 6.45) is 0.713. The van der Waals surface area contributed by atoms with Crippen molar-refractivity contribution in [3.8, 4) is 0 Å². The van der Waals surface area contributed by atoms with Crippen molar-refractivity contribution in [2.75, 3.05) is 26.2 Å². The topological polar surface area (TPSA) is 57.7 Å². The van der Waals surface area contributed by atoms with Gasteiger partial charge in [-0.05, 0) is 20.3 Å². The Hall–Kier alpha value is -0.620. The lowest BCUT2D eigenvalue weighted by Gasteiger charge is -2.24. The largest absolute Gasteiger partial charge is 0.341 e. The van der Waals surface area contributed by atoms with E-state index in [4.69, 9.17) is 0 Å². The van der Waals surface area contributed by atoms with Crippen molar-refractivity contribution < 1.29 is 13.2 Å². The molecule has 0 aliphatic carbocycles. The van der Waals surface area contributed by atoms with Gasteiger partial charge in [0.15, 0.2) is 0 Å². The van der Waals surface area contributed by atoms with Crippen molar-refractivity contribution in [2.45, 2.75) is 39.4 Å². The van der Waals surface area contributed by atoms with Crippen molar-refractivity contribution >= 4 is 15.9 Å². The van der Waals surface area contributed by atoms with Crippen LogP contribution in [0, 0.1) is 5.92 Å². The number of carbonyl (C=O) groups excluding carboxylic acids is 1. The maximum Gasteiger partial charge on any atom is 0.225 e. The molecule has 5 nitrogen and oxygen atoms in total. The summed E-state index contributed by atoms with van der Waals surface area (Å²) < 4.78 is 25.7. The number of carbonyl (C=O) groups is 1. The van der Waals surface area contributed by atoms with Gasteiger partial charge in [0.1, 0.15) is 0 Å². The molecule has 1 amide bonds. The average Bonchev–Trinajstić information content (AvgIpc) is 2.53. The van der Waals surface area contributed by atoms with E-state index in [9.17, 15) is 13.2 Å². The van der Waals surface area contributed by atoms with Crippen molar-refractivity contribution in [3.63, 3.8) is 0 Å². The van der Waals surface area contributed by atoms with Crippen LogP contribution in [-0.4, -0.2) is 55.0 Å². The number of rotatable bonds is 3. The van der Waals surface area contributed by atoms with Crippen LogP contribution in [0.5, 0.6) is 0 Å². The second-order valence-electron chi connectivity index (χ2n) is 5.33. The normalized spacial score (nSPS) is 19.3. The van der Waals surface area contributed by atoms with Crippen molar-refractivity contribution in [2.24, 2.45) is 5.92 Å². The van der Waals surface area contributed by atoms with Gasteiger partial charge in [-0.1, -0.05) is 13.8 Å². The Morgan fingerprint density at radius 2 is 1.61 bits per heavy atom. The van der Waals surface area contributed by atoms with Crippen LogP contribution >= 0.6 is 0 Å². The van der Waals surface area contributed by atoms with E-state index < -0.39 is 15.3 Å². The molecule has 0 aromatic carbocycles. The molecule has 1 aliphatic rings. The lowest BCUT2D eigenvalue weighted by atomic mass is 10.2. The van der Waals surface area contributed by atoms with Crippen LogP contribution in [-0.2, 0) is 14.8 Å². The van der Waals surface area contributed by atoms with Crippen molar-refractivity contribution in [1.29, 1.82) is 0 Å². The molecule has 0 N–H and O–H groups in total. The predicted octanol–water partition coefficient (Wildman–Crippen LogP) is 0.915. The Morgan fingerprint density at radius 3 is 2.11 bits per heavy atom. The molecule has 0 spiro atoms. The molecule has 0 aromatic heterocycles. The van der Waals surface area contributed by atoms with Gasteiger partial charge < -0.3 is 4.90 Å². The third kappa shape index (κ3) is 3.45. The summed E-state index contributed by atoms with van der Waals surface area (Å²) in [4.78, 5) is 13.7. The average molecular weight is 276 g/mol. The lowest BCUT2D eigenvalue weighted by molar-refractivity contribution is -0.134. The fourth-order valence-corrected chi connectivity index (χ4v) is 3.35. The minimum atomic E-state index is -3.20. The molecule has 0 aromatic rings. The molecule has 6 heteroatoms. The van der Waals surface area contributed by atoms with E-state index in [1.807, 2.05) is 13.8 Å². The van der Waals surface area contributed by atoms with Crippen LogP contribution in [0.1, 0.15) is 34.1 Å². The molecule has 1 aliphatic heterocycles. The van der Waals surface area contributed by atoms with E-state index in [0.717, 1.165) is 0 Å². The van der Waals surface area contributed by atoms with Gasteiger partial charge in [-0.2, -0.15) is 4.31 Å². The monoisotopic (exact) mass is 276 g/mol. The Bertz CT molecular complexity index is 390. The minimum Gasteiger partial charge on any atom is -0.341 e. The molecular weight excluding hydrogens is 252 g/mol. The Morgan fingerprint density at radius 1 is 1.00 bits per heavy atom. The van der Waals surface area contributed by atoms with Gasteiger partial charge >= 0.3 is 0 Å². The van der Waals surface area contributed by atoms with Gasteiger partial charge in [-0.15, -0.1) is 0 Å². The number of nitrogens with zero attached hydrogens (tertiary/aromatic N) is 2. The molecule has 0 radical (unpaired) electrons. The van der Waals surface area contributed by atoms with Gasteiger partial charge in [0.05, 0.1) is 5.25 Å². The highest BCUT2D eigenvalue weighted by Crippen LogP contribution is 2.14. The number of hydrogen-bond donors (Lipinski definition) is 0. The van der Waals surface area contributed by atoms with E-state index in [-0.39, 0.29) is 11.8 Å². The third-order valence-corrected chi connectivity index (χ3v) is 5.49. The van der Waals surface area contributed by atoms with Crippen molar-refractivity contribution in [1.82, 2.24) is 9.21 Å². The van der Waals surface area contributed by atoms with E-state index in [1.165, 1.54) is 4.31 Å². The molecule has 1 rings (SSSR count). The number of sulfonamides is 1. The van der Waals surface area contributed by atoms with Crippen LogP contribution in [0.15, 0.2) is 0 Å². The summed E-state index contributed by atoms with van der Waals surface area (Å²) in [5.74, 6) is 0.0806. The van der Waals surface area contributed by atoms with E-state index in [0.29, 0.717) is 32.6 Å². The van der Waals surface area contributed by atoms with Gasteiger partial charge in [0, 0.05) is 32.1 Å². The van der Waals surface area contributed by atoms with Gasteiger partial charge in [0.25, 0.3) is 0 Å². The van der Waals surface area contributed by atoms with Crippen LogP contribution < -0.4 is 0 Å². The Kier molecular flexibility index (Phi) is 5.16. The van der Waals surface area contributed by atoms with Crippen molar-refractivity contribution in [3.05, 3.63) is 0 Å². The van der Waals surface area contributed by atoms with Gasteiger partial charge in [-0.3, -0.25) is 4.79 Å². The van der Waals surface area contributed by atoms with Gasteiger partial charge in [-0.25, -0.2) is 8.42 Å². The van der Waals surface area contributed by atoms with E-state index in [2.05, 4.69) is 0 Å². The standard InChI is InChI=1S/C12H24N2O3S/c1-10(2)12(15)13-6-5-7-14(9-8-13)18(16,17)11(3)4/h10-11H,5-9H2,1-4H3. The predicted molar refractivity (Wildman–Crippen MR) is 71.7 cm³/mol. The molecule has 0 saturated carbocycles. The second kappa shape index (κ2) is 6.02. The fraction of sp³-hybridized carbons (Fsp3) is 0.917. The summed E-state index contributed by atoms with van der Waals surface area (Å²) in [5, 5.41) is -0.398. The molecule has 1 fully saturated rings. The van der Waals surface area contributed by atoms with Gasteiger partial charge in [0.2, 0.25) is 15.9 Å². The first-order valence-corrected chi connectivity index (χ1v) is 8.05. The van der Waals surface area contributed by atoms with Crippen LogP contribution in [0.3, 0.4) is 0 Å². The summed E-state index contributed by atoms with van der Waals surface area (Å²) in [5.41, 5.74) is 0. The first kappa shape index (κ1) is 15.4. The second-order valence-corrected chi connectivity index (χ2v) is 7.82. The highest BCUT2D eigenvalue weighted by Gasteiger charge is 2.29. The summed E-state index contributed by atoms with van der Waals surface area (Å²) in [7, 11) is -3.20. The maximum absolute atomic E-state index is 12.1. The van der Waals surface area contributed by atoms with E-state index in [1.54, 1.807) is 18.7 Å². The zero-order valence-corrected chi connectivity index (χ0v) is 12.5. The first-order valence-electron chi connectivity index (χ1n) is 6.54. The smallest absolute Gasteiger partial charge is 0.225 e. The summed E-state index contributed by atoms with van der Waals surface area (Å²) in [6.45, 7) is 9.21. The van der Waals surface area contributed by atoms with Crippen LogP contribution in [0.2, 0.25) is 0 Å². The minimum absolute atomic E-state index is 0.0294. The molecular formula is C12H24N2O3S. The molecule has 18 heavy (non-hydrogen) atoms. The Balaban J connectivity index is 2.71. The third-order valence-electron chi connectivity index (χ3n) is 3.22. The zero-order chi connectivity index (χ0) is 13.9.